The van der Waals surface area contributed by atoms with Crippen LogP contribution >= 0.6 is 0 Å². The first-order valence-electron chi connectivity index (χ1n) is 12.1. The van der Waals surface area contributed by atoms with Crippen LogP contribution in [0.1, 0.15) is 54.4 Å². The second kappa shape index (κ2) is 9.10. The van der Waals surface area contributed by atoms with Gasteiger partial charge in [0.2, 0.25) is 5.95 Å². The third-order valence-corrected chi connectivity index (χ3v) is 7.06. The van der Waals surface area contributed by atoms with E-state index in [1.807, 2.05) is 24.4 Å². The first-order valence-corrected chi connectivity index (χ1v) is 12.1. The molecule has 6 heteroatoms. The molecule has 0 atom stereocenters. The Morgan fingerprint density at radius 1 is 0.970 bits per heavy atom. The smallest absolute Gasteiger partial charge is 0.251 e. The lowest BCUT2D eigenvalue weighted by Crippen LogP contribution is -2.36. The van der Waals surface area contributed by atoms with Crippen LogP contribution in [0.5, 0.6) is 0 Å². The molecule has 2 aliphatic carbocycles. The van der Waals surface area contributed by atoms with Gasteiger partial charge in [-0.05, 0) is 100 Å². The highest BCUT2D eigenvalue weighted by atomic mass is 16.1. The van der Waals surface area contributed by atoms with E-state index in [1.165, 1.54) is 12.8 Å². The molecule has 5 rings (SSSR count). The van der Waals surface area contributed by atoms with Gasteiger partial charge in [0, 0.05) is 35.3 Å². The Labute approximate surface area is 195 Å². The van der Waals surface area contributed by atoms with Gasteiger partial charge in [-0.1, -0.05) is 12.1 Å². The molecular weight excluding hydrogens is 410 g/mol. The van der Waals surface area contributed by atoms with Crippen molar-refractivity contribution in [1.29, 1.82) is 0 Å². The topological polar surface area (TPSA) is 70.2 Å². The second-order valence-electron chi connectivity index (χ2n) is 9.86. The minimum Gasteiger partial charge on any atom is -0.351 e. The summed E-state index contributed by atoms with van der Waals surface area (Å²) in [5, 5.41) is 7.62. The predicted molar refractivity (Wildman–Crippen MR) is 134 cm³/mol. The largest absolute Gasteiger partial charge is 0.351 e. The molecule has 0 unspecified atom stereocenters. The van der Waals surface area contributed by atoms with Gasteiger partial charge in [-0.3, -0.25) is 4.79 Å². The fraction of sp³-hybridized carbons (Fsp3) is 0.444. The molecule has 2 aliphatic rings. The number of aryl methyl sites for hydroxylation is 1. The van der Waals surface area contributed by atoms with E-state index in [9.17, 15) is 4.79 Å². The summed E-state index contributed by atoms with van der Waals surface area (Å²) in [5.74, 6) is 0.719. The summed E-state index contributed by atoms with van der Waals surface area (Å²) in [7, 11) is 4.33. The number of anilines is 1. The average molecular weight is 444 g/mol. The minimum absolute atomic E-state index is 0.0122. The van der Waals surface area contributed by atoms with Crippen LogP contribution in [0.25, 0.3) is 22.0 Å². The van der Waals surface area contributed by atoms with Crippen molar-refractivity contribution in [3.05, 3.63) is 53.7 Å². The van der Waals surface area contributed by atoms with Crippen LogP contribution in [-0.2, 0) is 0 Å². The molecule has 2 fully saturated rings. The fourth-order valence-corrected chi connectivity index (χ4v) is 4.76. The maximum atomic E-state index is 12.5. The molecule has 6 nitrogen and oxygen atoms in total. The summed E-state index contributed by atoms with van der Waals surface area (Å²) < 4.78 is 0. The molecule has 172 valence electrons. The fourth-order valence-electron chi connectivity index (χ4n) is 4.76. The van der Waals surface area contributed by atoms with Crippen molar-refractivity contribution >= 4 is 22.8 Å². The lowest BCUT2D eigenvalue weighted by molar-refractivity contribution is 0.0951. The zero-order chi connectivity index (χ0) is 22.9. The third-order valence-electron chi connectivity index (χ3n) is 7.06. The molecule has 1 heterocycles. The summed E-state index contributed by atoms with van der Waals surface area (Å²) in [6.45, 7) is 2.08. The van der Waals surface area contributed by atoms with Crippen molar-refractivity contribution in [1.82, 2.24) is 20.2 Å². The lowest BCUT2D eigenvalue weighted by atomic mass is 9.90. The quantitative estimate of drug-likeness (QED) is 0.574. The van der Waals surface area contributed by atoms with E-state index in [4.69, 9.17) is 4.98 Å². The van der Waals surface area contributed by atoms with Gasteiger partial charge >= 0.3 is 0 Å². The summed E-state index contributed by atoms with van der Waals surface area (Å²) >= 11 is 0. The molecule has 2 aromatic carbocycles. The van der Waals surface area contributed by atoms with Gasteiger partial charge in [0.05, 0.1) is 5.52 Å². The maximum Gasteiger partial charge on any atom is 0.251 e. The van der Waals surface area contributed by atoms with E-state index in [2.05, 4.69) is 59.7 Å². The van der Waals surface area contributed by atoms with E-state index >= 15 is 0 Å². The summed E-state index contributed by atoms with van der Waals surface area (Å²) in [6.07, 6.45) is 8.78. The van der Waals surface area contributed by atoms with Crippen LogP contribution in [0.2, 0.25) is 0 Å². The molecule has 2 saturated carbocycles. The van der Waals surface area contributed by atoms with Crippen LogP contribution in [0.15, 0.2) is 42.6 Å². The van der Waals surface area contributed by atoms with Crippen molar-refractivity contribution in [3.63, 3.8) is 0 Å². The van der Waals surface area contributed by atoms with E-state index in [-0.39, 0.29) is 5.91 Å². The monoisotopic (exact) mass is 443 g/mol. The van der Waals surface area contributed by atoms with Crippen LogP contribution in [0, 0.1) is 6.92 Å². The summed E-state index contributed by atoms with van der Waals surface area (Å²) in [6, 6.07) is 13.7. The predicted octanol–water partition coefficient (Wildman–Crippen LogP) is 4.78. The number of carbonyl (C=O) groups excluding carboxylic acids is 1. The van der Waals surface area contributed by atoms with Crippen LogP contribution in [-0.4, -0.2) is 53.0 Å². The second-order valence-corrected chi connectivity index (χ2v) is 9.86. The zero-order valence-corrected chi connectivity index (χ0v) is 19.8. The Balaban J connectivity index is 1.33. The standard InChI is InChI=1S/C27H33N5O/c1-17-4-5-19(26(33)29-21-7-8-21)15-24(17)18-6-13-25-20(14-18)16-28-27(31-25)30-22-9-11-23(12-10-22)32(2)3/h4-6,13-16,21-23H,7-12H2,1-3H3,(H,29,33)(H,28,30,31). The molecule has 0 saturated heterocycles. The number of fused-ring (bicyclic) bond motifs is 1. The normalized spacial score (nSPS) is 20.7. The van der Waals surface area contributed by atoms with Gasteiger partial charge < -0.3 is 15.5 Å². The number of hydrogen-bond acceptors (Lipinski definition) is 5. The Hall–Kier alpha value is -2.99. The van der Waals surface area contributed by atoms with Crippen molar-refractivity contribution in [3.8, 4) is 11.1 Å². The number of hydrogen-bond donors (Lipinski definition) is 2. The van der Waals surface area contributed by atoms with Crippen molar-refractivity contribution in [2.24, 2.45) is 0 Å². The Morgan fingerprint density at radius 2 is 1.73 bits per heavy atom. The minimum atomic E-state index is 0.0122. The molecule has 0 spiro atoms. The van der Waals surface area contributed by atoms with Gasteiger partial charge in [-0.25, -0.2) is 9.97 Å². The molecule has 2 N–H and O–H groups in total. The van der Waals surface area contributed by atoms with Crippen molar-refractivity contribution in [2.45, 2.75) is 63.6 Å². The Morgan fingerprint density at radius 3 is 2.45 bits per heavy atom. The van der Waals surface area contributed by atoms with Crippen molar-refractivity contribution < 1.29 is 4.79 Å². The van der Waals surface area contributed by atoms with Gasteiger partial charge in [-0.2, -0.15) is 0 Å². The van der Waals surface area contributed by atoms with Crippen molar-refractivity contribution in [2.75, 3.05) is 19.4 Å². The van der Waals surface area contributed by atoms with E-state index in [0.29, 0.717) is 29.6 Å². The van der Waals surface area contributed by atoms with Crippen LogP contribution < -0.4 is 10.6 Å². The highest BCUT2D eigenvalue weighted by molar-refractivity contribution is 5.96. The molecule has 1 aromatic heterocycles. The number of nitrogens with one attached hydrogen (secondary N) is 2. The highest BCUT2D eigenvalue weighted by Crippen LogP contribution is 2.29. The van der Waals surface area contributed by atoms with Gasteiger partial charge in [0.25, 0.3) is 5.91 Å². The average Bonchev–Trinajstić information content (AvgIpc) is 3.63. The number of rotatable bonds is 6. The SMILES string of the molecule is Cc1ccc(C(=O)NC2CC2)cc1-c1ccc2nc(NC3CCC(N(C)C)CC3)ncc2c1. The van der Waals surface area contributed by atoms with Gasteiger partial charge in [0.1, 0.15) is 0 Å². The summed E-state index contributed by atoms with van der Waals surface area (Å²) in [5.41, 5.74) is 4.93. The van der Waals surface area contributed by atoms with E-state index < -0.39 is 0 Å². The molecule has 0 bridgehead atoms. The highest BCUT2D eigenvalue weighted by Gasteiger charge is 2.24. The Kier molecular flexibility index (Phi) is 6.02. The first kappa shape index (κ1) is 21.8. The Bertz CT molecular complexity index is 1160. The van der Waals surface area contributed by atoms with Gasteiger partial charge in [-0.15, -0.1) is 0 Å². The number of nitrogens with zero attached hydrogens (tertiary/aromatic N) is 3. The molecular formula is C27H33N5O. The molecule has 1 amide bonds. The van der Waals surface area contributed by atoms with E-state index in [1.54, 1.807) is 0 Å². The number of benzene rings is 2. The van der Waals surface area contributed by atoms with Crippen LogP contribution in [0.3, 0.4) is 0 Å². The molecule has 3 aromatic rings. The third kappa shape index (κ3) is 5.01. The molecule has 0 aliphatic heterocycles. The number of aromatic nitrogens is 2. The van der Waals surface area contributed by atoms with Crippen LogP contribution in [0.4, 0.5) is 5.95 Å². The number of carbonyl (C=O) groups is 1. The van der Waals surface area contributed by atoms with Gasteiger partial charge in [0.15, 0.2) is 0 Å². The van der Waals surface area contributed by atoms with E-state index in [0.717, 1.165) is 53.3 Å². The molecule has 0 radical (unpaired) electrons. The maximum absolute atomic E-state index is 12.5. The summed E-state index contributed by atoms with van der Waals surface area (Å²) in [4.78, 5) is 24.2. The zero-order valence-electron chi connectivity index (χ0n) is 19.8. The molecule has 33 heavy (non-hydrogen) atoms. The first-order chi connectivity index (χ1) is 16.0. The lowest BCUT2D eigenvalue weighted by Gasteiger charge is -2.32. The number of amides is 1.